The largest absolute Gasteiger partial charge is 0.494 e. The van der Waals surface area contributed by atoms with Gasteiger partial charge in [0, 0.05) is 30.6 Å². The molecule has 0 aliphatic heterocycles. The molecule has 0 bridgehead atoms. The standard InChI is InChI=1S/C22H29N3O3/c1-2-28-19-12-10-17(11-13-19)20-14-15-22(27)25(24-20)16-6-9-21(26)23-18-7-4-3-5-8-18/h10-15,18H,2-9,16H2,1H3,(H,23,26). The second kappa shape index (κ2) is 10.1. The lowest BCUT2D eigenvalue weighted by atomic mass is 9.95. The molecule has 28 heavy (non-hydrogen) atoms. The second-order valence-electron chi connectivity index (χ2n) is 7.24. The molecule has 1 N–H and O–H groups in total. The van der Waals surface area contributed by atoms with Crippen molar-refractivity contribution in [1.29, 1.82) is 0 Å². The zero-order chi connectivity index (χ0) is 19.8. The SMILES string of the molecule is CCOc1ccc(-c2ccc(=O)n(CCCC(=O)NC3CCCCC3)n2)cc1. The number of nitrogens with one attached hydrogen (secondary N) is 1. The van der Waals surface area contributed by atoms with Gasteiger partial charge in [-0.1, -0.05) is 19.3 Å². The predicted molar refractivity (Wildman–Crippen MR) is 109 cm³/mol. The van der Waals surface area contributed by atoms with Crippen molar-refractivity contribution in [3.05, 3.63) is 46.8 Å². The second-order valence-corrected chi connectivity index (χ2v) is 7.24. The molecule has 2 aromatic rings. The Bertz CT molecular complexity index is 824. The van der Waals surface area contributed by atoms with E-state index in [9.17, 15) is 9.59 Å². The number of hydrogen-bond acceptors (Lipinski definition) is 4. The molecule has 1 aromatic carbocycles. The van der Waals surface area contributed by atoms with Gasteiger partial charge in [0.1, 0.15) is 5.75 Å². The Hall–Kier alpha value is -2.63. The summed E-state index contributed by atoms with van der Waals surface area (Å²) in [6.07, 6.45) is 6.83. The van der Waals surface area contributed by atoms with Crippen LogP contribution in [0.25, 0.3) is 11.3 Å². The average molecular weight is 383 g/mol. The number of nitrogens with zero attached hydrogens (tertiary/aromatic N) is 2. The minimum Gasteiger partial charge on any atom is -0.494 e. The van der Waals surface area contributed by atoms with Gasteiger partial charge in [-0.25, -0.2) is 4.68 Å². The van der Waals surface area contributed by atoms with E-state index < -0.39 is 0 Å². The Balaban J connectivity index is 1.55. The molecule has 0 radical (unpaired) electrons. The van der Waals surface area contributed by atoms with Crippen LogP contribution in [0, 0.1) is 0 Å². The van der Waals surface area contributed by atoms with E-state index in [1.807, 2.05) is 31.2 Å². The molecule has 6 heteroatoms. The van der Waals surface area contributed by atoms with Crippen LogP contribution in [0.3, 0.4) is 0 Å². The Morgan fingerprint density at radius 3 is 2.61 bits per heavy atom. The van der Waals surface area contributed by atoms with Crippen molar-refractivity contribution in [3.63, 3.8) is 0 Å². The van der Waals surface area contributed by atoms with Gasteiger partial charge in [0.2, 0.25) is 5.91 Å². The molecule has 6 nitrogen and oxygen atoms in total. The summed E-state index contributed by atoms with van der Waals surface area (Å²) in [5, 5.41) is 7.58. The normalized spacial score (nSPS) is 14.6. The highest BCUT2D eigenvalue weighted by Gasteiger charge is 2.15. The highest BCUT2D eigenvalue weighted by molar-refractivity contribution is 5.76. The molecule has 1 amide bonds. The van der Waals surface area contributed by atoms with Crippen LogP contribution >= 0.6 is 0 Å². The lowest BCUT2D eigenvalue weighted by Gasteiger charge is -2.22. The first-order valence-electron chi connectivity index (χ1n) is 10.3. The lowest BCUT2D eigenvalue weighted by molar-refractivity contribution is -0.122. The summed E-state index contributed by atoms with van der Waals surface area (Å²) in [6.45, 7) is 3.00. The topological polar surface area (TPSA) is 73.2 Å². The summed E-state index contributed by atoms with van der Waals surface area (Å²) in [5.74, 6) is 0.881. The molecule has 1 aromatic heterocycles. The summed E-state index contributed by atoms with van der Waals surface area (Å²) in [6, 6.07) is 11.2. The highest BCUT2D eigenvalue weighted by atomic mass is 16.5. The van der Waals surface area contributed by atoms with E-state index in [-0.39, 0.29) is 11.5 Å². The number of ether oxygens (including phenoxy) is 1. The third kappa shape index (κ3) is 5.68. The van der Waals surface area contributed by atoms with Crippen molar-refractivity contribution in [1.82, 2.24) is 15.1 Å². The van der Waals surface area contributed by atoms with Crippen molar-refractivity contribution < 1.29 is 9.53 Å². The number of amides is 1. The zero-order valence-electron chi connectivity index (χ0n) is 16.5. The molecule has 0 atom stereocenters. The lowest BCUT2D eigenvalue weighted by Crippen LogP contribution is -2.36. The van der Waals surface area contributed by atoms with Crippen LogP contribution < -0.4 is 15.6 Å². The molecule has 150 valence electrons. The first kappa shape index (κ1) is 20.1. The summed E-state index contributed by atoms with van der Waals surface area (Å²) >= 11 is 0. The molecule has 0 unspecified atom stereocenters. The summed E-state index contributed by atoms with van der Waals surface area (Å²) in [5.41, 5.74) is 1.50. The number of hydrogen-bond donors (Lipinski definition) is 1. The van der Waals surface area contributed by atoms with Gasteiger partial charge in [-0.2, -0.15) is 5.10 Å². The highest BCUT2D eigenvalue weighted by Crippen LogP contribution is 2.20. The van der Waals surface area contributed by atoms with E-state index in [0.717, 1.165) is 29.8 Å². The first-order chi connectivity index (χ1) is 13.7. The van der Waals surface area contributed by atoms with Crippen LogP contribution in [0.4, 0.5) is 0 Å². The predicted octanol–water partition coefficient (Wildman–Crippen LogP) is 3.54. The third-order valence-corrected chi connectivity index (χ3v) is 5.07. The Labute approximate surface area is 165 Å². The van der Waals surface area contributed by atoms with Gasteiger partial charge >= 0.3 is 0 Å². The van der Waals surface area contributed by atoms with E-state index in [4.69, 9.17) is 4.74 Å². The number of aromatic nitrogens is 2. The molecule has 3 rings (SSSR count). The molecule has 1 fully saturated rings. The van der Waals surface area contributed by atoms with E-state index in [1.54, 1.807) is 6.07 Å². The van der Waals surface area contributed by atoms with Gasteiger partial charge < -0.3 is 10.1 Å². The van der Waals surface area contributed by atoms with E-state index >= 15 is 0 Å². The summed E-state index contributed by atoms with van der Waals surface area (Å²) in [4.78, 5) is 24.2. The van der Waals surface area contributed by atoms with Gasteiger partial charge in [0.15, 0.2) is 0 Å². The van der Waals surface area contributed by atoms with Crippen molar-refractivity contribution in [3.8, 4) is 17.0 Å². The van der Waals surface area contributed by atoms with Crippen LogP contribution in [-0.4, -0.2) is 28.3 Å². The monoisotopic (exact) mass is 383 g/mol. The minimum absolute atomic E-state index is 0.0719. The van der Waals surface area contributed by atoms with E-state index in [1.165, 1.54) is 30.0 Å². The molecule has 0 saturated heterocycles. The molecular weight excluding hydrogens is 354 g/mol. The number of carbonyl (C=O) groups is 1. The Kier molecular flexibility index (Phi) is 7.23. The number of rotatable bonds is 8. The molecule has 1 saturated carbocycles. The fourth-order valence-corrected chi connectivity index (χ4v) is 3.59. The smallest absolute Gasteiger partial charge is 0.266 e. The molecule has 1 aliphatic rings. The van der Waals surface area contributed by atoms with Gasteiger partial charge in [-0.3, -0.25) is 9.59 Å². The summed E-state index contributed by atoms with van der Waals surface area (Å²) < 4.78 is 6.90. The maximum absolute atomic E-state index is 12.1. The fraction of sp³-hybridized carbons (Fsp3) is 0.500. The van der Waals surface area contributed by atoms with Crippen LogP contribution in [0.5, 0.6) is 5.75 Å². The number of benzene rings is 1. The third-order valence-electron chi connectivity index (χ3n) is 5.07. The maximum Gasteiger partial charge on any atom is 0.266 e. The molecular formula is C22H29N3O3. The van der Waals surface area contributed by atoms with Crippen LogP contribution in [0.2, 0.25) is 0 Å². The van der Waals surface area contributed by atoms with Crippen molar-refractivity contribution in [2.24, 2.45) is 0 Å². The summed E-state index contributed by atoms with van der Waals surface area (Å²) in [7, 11) is 0. The number of aryl methyl sites for hydroxylation is 1. The van der Waals surface area contributed by atoms with Crippen LogP contribution in [0.15, 0.2) is 41.2 Å². The molecule has 1 aliphatic carbocycles. The first-order valence-corrected chi connectivity index (χ1v) is 10.3. The maximum atomic E-state index is 12.1. The van der Waals surface area contributed by atoms with Crippen LogP contribution in [-0.2, 0) is 11.3 Å². The number of carbonyl (C=O) groups excluding carboxylic acids is 1. The van der Waals surface area contributed by atoms with Crippen molar-refractivity contribution >= 4 is 5.91 Å². The molecule has 1 heterocycles. The van der Waals surface area contributed by atoms with E-state index in [2.05, 4.69) is 10.4 Å². The quantitative estimate of drug-likeness (QED) is 0.757. The van der Waals surface area contributed by atoms with Gasteiger partial charge in [-0.05, 0) is 56.5 Å². The average Bonchev–Trinajstić information content (AvgIpc) is 2.71. The van der Waals surface area contributed by atoms with Crippen molar-refractivity contribution in [2.45, 2.75) is 64.5 Å². The van der Waals surface area contributed by atoms with Crippen LogP contribution in [0.1, 0.15) is 51.9 Å². The molecule has 0 spiro atoms. The fourth-order valence-electron chi connectivity index (χ4n) is 3.59. The van der Waals surface area contributed by atoms with Gasteiger partial charge in [0.05, 0.1) is 12.3 Å². The minimum atomic E-state index is -0.151. The van der Waals surface area contributed by atoms with Gasteiger partial charge in [-0.15, -0.1) is 0 Å². The Morgan fingerprint density at radius 2 is 1.89 bits per heavy atom. The van der Waals surface area contributed by atoms with Crippen molar-refractivity contribution in [2.75, 3.05) is 6.61 Å². The zero-order valence-corrected chi connectivity index (χ0v) is 16.5. The van der Waals surface area contributed by atoms with Gasteiger partial charge in [0.25, 0.3) is 5.56 Å². The van der Waals surface area contributed by atoms with E-state index in [0.29, 0.717) is 32.0 Å². The Morgan fingerprint density at radius 1 is 1.14 bits per heavy atom.